The van der Waals surface area contributed by atoms with Gasteiger partial charge in [0.2, 0.25) is 35.4 Å². The van der Waals surface area contributed by atoms with Gasteiger partial charge in [0.25, 0.3) is 0 Å². The number of fused-ring (bicyclic) bond motifs is 1. The number of carboxylic acids is 1. The molecule has 17 heteroatoms. The molecule has 274 valence electrons. The maximum atomic E-state index is 13.8. The Kier molecular flexibility index (Phi) is 15.3. The van der Waals surface area contributed by atoms with Gasteiger partial charge in [-0.15, -0.1) is 0 Å². The molecule has 0 bridgehead atoms. The zero-order valence-electron chi connectivity index (χ0n) is 28.2. The highest BCUT2D eigenvalue weighted by atomic mass is 32.2. The van der Waals surface area contributed by atoms with Crippen molar-refractivity contribution in [1.29, 1.82) is 0 Å². The van der Waals surface area contributed by atoms with E-state index in [-0.39, 0.29) is 30.9 Å². The average Bonchev–Trinajstić information content (AvgIpc) is 3.49. The minimum Gasteiger partial charge on any atom is -0.508 e. The normalized spacial score (nSPS) is 13.2. The molecule has 0 unspecified atom stereocenters. The van der Waals surface area contributed by atoms with Crippen LogP contribution < -0.4 is 32.3 Å². The molecule has 4 atom stereocenters. The fraction of sp³-hybridized carbons (Fsp3) is 0.382. The average molecular weight is 726 g/mol. The Hall–Kier alpha value is -5.58. The quantitative estimate of drug-likeness (QED) is 0.0743. The molecule has 0 spiro atoms. The van der Waals surface area contributed by atoms with Crippen molar-refractivity contribution >= 4 is 64.1 Å². The van der Waals surface area contributed by atoms with Crippen molar-refractivity contribution in [2.24, 2.45) is 5.73 Å². The number of amides is 6. The molecule has 51 heavy (non-hydrogen) atoms. The van der Waals surface area contributed by atoms with Crippen molar-refractivity contribution in [3.63, 3.8) is 0 Å². The van der Waals surface area contributed by atoms with E-state index in [9.17, 15) is 43.8 Å². The Morgan fingerprint density at radius 1 is 0.765 bits per heavy atom. The third-order valence-corrected chi connectivity index (χ3v) is 8.47. The first kappa shape index (κ1) is 39.9. The van der Waals surface area contributed by atoms with Gasteiger partial charge in [-0.2, -0.15) is 11.8 Å². The fourth-order valence-corrected chi connectivity index (χ4v) is 5.62. The van der Waals surface area contributed by atoms with E-state index in [1.807, 2.05) is 31.2 Å². The second-order valence-corrected chi connectivity index (χ2v) is 12.8. The van der Waals surface area contributed by atoms with Gasteiger partial charge in [-0.1, -0.05) is 37.3 Å². The van der Waals surface area contributed by atoms with Crippen molar-refractivity contribution in [3.05, 3.63) is 65.9 Å². The van der Waals surface area contributed by atoms with Crippen LogP contribution in [0.25, 0.3) is 10.9 Å². The zero-order valence-corrected chi connectivity index (χ0v) is 29.0. The highest BCUT2D eigenvalue weighted by Crippen LogP contribution is 2.19. The predicted octanol–water partition coefficient (Wildman–Crippen LogP) is -0.163. The Morgan fingerprint density at radius 3 is 1.96 bits per heavy atom. The van der Waals surface area contributed by atoms with Crippen LogP contribution in [0.5, 0.6) is 5.75 Å². The smallest absolute Gasteiger partial charge is 0.305 e. The van der Waals surface area contributed by atoms with E-state index >= 15 is 0 Å². The molecule has 0 aliphatic carbocycles. The number of hydrogen-bond acceptors (Lipinski definition) is 9. The Balaban J connectivity index is 1.87. The number of benzene rings is 2. The number of primary amides is 1. The summed E-state index contributed by atoms with van der Waals surface area (Å²) in [6.07, 6.45) is 0.0846. The van der Waals surface area contributed by atoms with E-state index in [0.717, 1.165) is 10.9 Å². The summed E-state index contributed by atoms with van der Waals surface area (Å²) in [5, 5.41) is 32.7. The molecule has 1 heterocycles. The number of aromatic hydroxyl groups is 1. The number of phenolic OH excluding ortho intramolecular Hbond substituents is 1. The molecule has 2 aromatic carbocycles. The Morgan fingerprint density at radius 2 is 1.35 bits per heavy atom. The molecule has 1 aromatic heterocycles. The van der Waals surface area contributed by atoms with Crippen LogP contribution in [-0.2, 0) is 46.4 Å². The number of aromatic amines is 1. The van der Waals surface area contributed by atoms with Gasteiger partial charge < -0.3 is 47.5 Å². The van der Waals surface area contributed by atoms with E-state index in [1.54, 1.807) is 13.1 Å². The molecule has 16 nitrogen and oxygen atoms in total. The minimum atomic E-state index is -1.69. The number of H-pyrrole nitrogens is 1. The lowest BCUT2D eigenvalue weighted by atomic mass is 10.0. The number of aromatic nitrogens is 1. The third kappa shape index (κ3) is 12.7. The summed E-state index contributed by atoms with van der Waals surface area (Å²) < 4.78 is 0. The number of rotatable bonds is 20. The zero-order chi connectivity index (χ0) is 37.5. The van der Waals surface area contributed by atoms with Gasteiger partial charge in [-0.05, 0) is 42.0 Å². The number of nitrogens with one attached hydrogen (secondary N) is 6. The Labute approximate surface area is 298 Å². The largest absolute Gasteiger partial charge is 0.508 e. The molecule has 3 rings (SSSR count). The van der Waals surface area contributed by atoms with Gasteiger partial charge in [0, 0.05) is 36.5 Å². The number of likely N-dealkylation sites (N-methyl/N-ethyl adjacent to an activating group) is 1. The minimum absolute atomic E-state index is 0.0000257. The van der Waals surface area contributed by atoms with Crippen molar-refractivity contribution < 1.29 is 43.8 Å². The fourth-order valence-electron chi connectivity index (χ4n) is 5.15. The summed E-state index contributed by atoms with van der Waals surface area (Å²) in [5.74, 6) is -5.74. The van der Waals surface area contributed by atoms with Gasteiger partial charge >= 0.3 is 5.97 Å². The number of thioether (sulfide) groups is 1. The number of carbonyl (C=O) groups is 7. The highest BCUT2D eigenvalue weighted by molar-refractivity contribution is 7.99. The maximum Gasteiger partial charge on any atom is 0.305 e. The van der Waals surface area contributed by atoms with Crippen LogP contribution in [0.3, 0.4) is 0 Å². The van der Waals surface area contributed by atoms with Crippen molar-refractivity contribution in [2.45, 2.75) is 63.7 Å². The first-order valence-electron chi connectivity index (χ1n) is 16.2. The van der Waals surface area contributed by atoms with Crippen LogP contribution in [-0.4, -0.2) is 98.8 Å². The lowest BCUT2D eigenvalue weighted by Crippen LogP contribution is -2.59. The summed E-state index contributed by atoms with van der Waals surface area (Å²) in [4.78, 5) is 93.0. The standard InChI is InChI=1S/C34H43N7O9S/c1-3-36-31(47)25(14-20-17-37-23-8-6-5-7-22(20)23)40-34(50)27(16-30(45)46)41-32(48)24(13-19-9-11-21(42)12-10-19)39-33(49)26(15-28(35)43)38-29(44)18-51-4-2/h5-12,17,24-27,37,42H,3-4,13-16,18H2,1-2H3,(H2,35,43)(H,36,47)(H,38,44)(H,39,49)(H,40,50)(H,41,48)(H,45,46)/t24-,25-,26-,27-/m0/s1. The Bertz CT molecular complexity index is 1710. The number of carbonyl (C=O) groups excluding carboxylic acids is 6. The van der Waals surface area contributed by atoms with Gasteiger partial charge in [0.05, 0.1) is 18.6 Å². The summed E-state index contributed by atoms with van der Waals surface area (Å²) in [6, 6.07) is 7.26. The summed E-state index contributed by atoms with van der Waals surface area (Å²) >= 11 is 1.28. The first-order valence-corrected chi connectivity index (χ1v) is 17.4. The summed E-state index contributed by atoms with van der Waals surface area (Å²) in [5.41, 5.74) is 7.30. The van der Waals surface area contributed by atoms with Crippen molar-refractivity contribution in [2.75, 3.05) is 18.1 Å². The lowest BCUT2D eigenvalue weighted by molar-refractivity contribution is -0.141. The molecule has 0 aliphatic heterocycles. The monoisotopic (exact) mass is 725 g/mol. The SMILES string of the molecule is CCNC(=O)[C@H](Cc1c[nH]c2ccccc12)NC(=O)[C@H](CC(=O)O)NC(=O)[C@H](Cc1ccc(O)cc1)NC(=O)[C@H](CC(N)=O)NC(=O)CSCC. The van der Waals surface area contributed by atoms with Crippen LogP contribution in [0.2, 0.25) is 0 Å². The molecule has 0 fully saturated rings. The van der Waals surface area contributed by atoms with Crippen LogP contribution in [0.15, 0.2) is 54.7 Å². The van der Waals surface area contributed by atoms with E-state index in [1.165, 1.54) is 36.0 Å². The van der Waals surface area contributed by atoms with Crippen LogP contribution in [0.1, 0.15) is 37.8 Å². The number of aliphatic carboxylic acids is 1. The van der Waals surface area contributed by atoms with E-state index in [4.69, 9.17) is 5.73 Å². The number of hydrogen-bond donors (Lipinski definition) is 9. The summed E-state index contributed by atoms with van der Waals surface area (Å²) in [7, 11) is 0. The van der Waals surface area contributed by atoms with Crippen molar-refractivity contribution in [1.82, 2.24) is 31.6 Å². The molecule has 6 amide bonds. The molecule has 3 aromatic rings. The second-order valence-electron chi connectivity index (χ2n) is 11.5. The van der Waals surface area contributed by atoms with Crippen LogP contribution >= 0.6 is 11.8 Å². The van der Waals surface area contributed by atoms with E-state index in [0.29, 0.717) is 16.9 Å². The topological polar surface area (TPSA) is 262 Å². The lowest BCUT2D eigenvalue weighted by Gasteiger charge is -2.26. The highest BCUT2D eigenvalue weighted by Gasteiger charge is 2.33. The second kappa shape index (κ2) is 19.6. The number of phenols is 1. The van der Waals surface area contributed by atoms with Gasteiger partial charge in [0.15, 0.2) is 0 Å². The molecule has 0 saturated carbocycles. The van der Waals surface area contributed by atoms with Gasteiger partial charge in [0.1, 0.15) is 29.9 Å². The maximum absolute atomic E-state index is 13.8. The molecular weight excluding hydrogens is 682 g/mol. The van der Waals surface area contributed by atoms with Crippen molar-refractivity contribution in [3.8, 4) is 5.75 Å². The number of carboxylic acid groups (broad SMARTS) is 1. The van der Waals surface area contributed by atoms with Crippen LogP contribution in [0, 0.1) is 0 Å². The molecule has 0 radical (unpaired) electrons. The van der Waals surface area contributed by atoms with E-state index < -0.39 is 78.4 Å². The molecule has 10 N–H and O–H groups in total. The first-order chi connectivity index (χ1) is 24.3. The van der Waals surface area contributed by atoms with Gasteiger partial charge in [-0.25, -0.2) is 0 Å². The van der Waals surface area contributed by atoms with E-state index in [2.05, 4.69) is 31.6 Å². The molecular formula is C34H43N7O9S. The molecule has 0 aliphatic rings. The number of nitrogens with two attached hydrogens (primary N) is 1. The predicted molar refractivity (Wildman–Crippen MR) is 189 cm³/mol. The van der Waals surface area contributed by atoms with Gasteiger partial charge in [-0.3, -0.25) is 33.6 Å². The van der Waals surface area contributed by atoms with Crippen LogP contribution in [0.4, 0.5) is 0 Å². The molecule has 0 saturated heterocycles. The summed E-state index contributed by atoms with van der Waals surface area (Å²) in [6.45, 7) is 3.78. The third-order valence-electron chi connectivity index (χ3n) is 7.60. The number of para-hydroxylation sites is 1.